The van der Waals surface area contributed by atoms with Gasteiger partial charge in [-0.05, 0) is 35.8 Å². The van der Waals surface area contributed by atoms with Crippen LogP contribution in [0.5, 0.6) is 5.75 Å². The molecule has 0 amide bonds. The first-order chi connectivity index (χ1) is 14.7. The quantitative estimate of drug-likeness (QED) is 0.523. The van der Waals surface area contributed by atoms with Crippen molar-refractivity contribution in [1.29, 1.82) is 0 Å². The molecule has 0 aliphatic heterocycles. The molecule has 3 aromatic rings. The monoisotopic (exact) mass is 420 g/mol. The van der Waals surface area contributed by atoms with Crippen molar-refractivity contribution < 1.29 is 24.2 Å². The van der Waals surface area contributed by atoms with Gasteiger partial charge in [-0.1, -0.05) is 69.3 Å². The second-order valence-electron chi connectivity index (χ2n) is 8.29. The van der Waals surface area contributed by atoms with E-state index in [2.05, 4.69) is 20.8 Å². The molecular weight excluding hydrogens is 392 g/mol. The maximum absolute atomic E-state index is 13.0. The smallest absolute Gasteiger partial charge is 0.342 e. The molecule has 0 aliphatic rings. The number of ether oxygens (including phenoxy) is 2. The molecule has 0 saturated carbocycles. The van der Waals surface area contributed by atoms with Gasteiger partial charge in [0.2, 0.25) is 0 Å². The zero-order chi connectivity index (χ0) is 22.8. The summed E-state index contributed by atoms with van der Waals surface area (Å²) >= 11 is 0. The Balaban J connectivity index is 2.42. The number of esters is 2. The molecule has 0 spiro atoms. The molecule has 5 heteroatoms. The van der Waals surface area contributed by atoms with Crippen LogP contribution in [0, 0.1) is 0 Å². The Morgan fingerprint density at radius 3 is 1.84 bits per heavy atom. The number of phenolic OH excluding ortho intramolecular Hbond substituents is 1. The lowest BCUT2D eigenvalue weighted by Crippen LogP contribution is -2.16. The third-order valence-corrected chi connectivity index (χ3v) is 5.19. The average Bonchev–Trinajstić information content (AvgIpc) is 2.73. The fraction of sp³-hybridized carbons (Fsp3) is 0.308. The Labute approximate surface area is 182 Å². The zero-order valence-electron chi connectivity index (χ0n) is 18.6. The molecule has 5 nitrogen and oxygen atoms in total. The van der Waals surface area contributed by atoms with Crippen LogP contribution in [0.1, 0.15) is 60.9 Å². The number of benzene rings is 3. The van der Waals surface area contributed by atoms with Crippen LogP contribution < -0.4 is 0 Å². The van der Waals surface area contributed by atoms with Crippen LogP contribution in [0.2, 0.25) is 0 Å². The zero-order valence-corrected chi connectivity index (χ0v) is 18.6. The first-order valence-corrected chi connectivity index (χ1v) is 10.4. The van der Waals surface area contributed by atoms with Crippen LogP contribution in [0.3, 0.4) is 0 Å². The van der Waals surface area contributed by atoms with Gasteiger partial charge in [-0.3, -0.25) is 0 Å². The second kappa shape index (κ2) is 8.80. The lowest BCUT2D eigenvalue weighted by molar-refractivity contribution is 0.0477. The first-order valence-electron chi connectivity index (χ1n) is 10.4. The van der Waals surface area contributed by atoms with Crippen molar-refractivity contribution in [1.82, 2.24) is 0 Å². The van der Waals surface area contributed by atoms with Gasteiger partial charge in [0.05, 0.1) is 18.8 Å². The van der Waals surface area contributed by atoms with E-state index < -0.39 is 11.9 Å². The highest BCUT2D eigenvalue weighted by atomic mass is 16.5. The van der Waals surface area contributed by atoms with Crippen molar-refractivity contribution >= 4 is 22.7 Å². The van der Waals surface area contributed by atoms with Crippen molar-refractivity contribution in [3.05, 3.63) is 65.2 Å². The van der Waals surface area contributed by atoms with Gasteiger partial charge >= 0.3 is 11.9 Å². The lowest BCUT2D eigenvalue weighted by atomic mass is 9.84. The van der Waals surface area contributed by atoms with Gasteiger partial charge in [0.1, 0.15) is 11.3 Å². The highest BCUT2D eigenvalue weighted by molar-refractivity contribution is 6.18. The second-order valence-corrected chi connectivity index (χ2v) is 8.29. The van der Waals surface area contributed by atoms with Crippen molar-refractivity contribution in [3.8, 4) is 16.9 Å². The Hall–Kier alpha value is -3.34. The molecular formula is C26H28O5. The number of aromatic hydroxyl groups is 1. The average molecular weight is 421 g/mol. The largest absolute Gasteiger partial charge is 0.506 e. The molecule has 0 fully saturated rings. The summed E-state index contributed by atoms with van der Waals surface area (Å²) in [4.78, 5) is 25.9. The third kappa shape index (κ3) is 4.26. The Kier molecular flexibility index (Phi) is 6.34. The molecule has 0 atom stereocenters. The van der Waals surface area contributed by atoms with Crippen LogP contribution >= 0.6 is 0 Å². The van der Waals surface area contributed by atoms with Crippen molar-refractivity contribution in [2.75, 3.05) is 13.2 Å². The van der Waals surface area contributed by atoms with E-state index in [0.29, 0.717) is 16.3 Å². The summed E-state index contributed by atoms with van der Waals surface area (Å²) in [6.45, 7) is 10.00. The number of hydrogen-bond acceptors (Lipinski definition) is 5. The molecule has 3 rings (SSSR count). The number of carbonyl (C=O) groups excluding carboxylic acids is 2. The molecule has 0 radical (unpaired) electrons. The maximum atomic E-state index is 13.0. The summed E-state index contributed by atoms with van der Waals surface area (Å²) in [5, 5.41) is 12.1. The van der Waals surface area contributed by atoms with Crippen LogP contribution in [0.4, 0.5) is 0 Å². The SMILES string of the molecule is CCOC(=O)c1c(C(=O)OCC)c(-c2ccc(C(C)(C)C)cc2)c2ccccc2c1O. The topological polar surface area (TPSA) is 72.8 Å². The summed E-state index contributed by atoms with van der Waals surface area (Å²) in [7, 11) is 0. The van der Waals surface area contributed by atoms with Crippen LogP contribution in [0.25, 0.3) is 21.9 Å². The first kappa shape index (κ1) is 22.3. The summed E-state index contributed by atoms with van der Waals surface area (Å²) in [6.07, 6.45) is 0. The van der Waals surface area contributed by atoms with Crippen molar-refractivity contribution in [2.24, 2.45) is 0 Å². The van der Waals surface area contributed by atoms with Gasteiger partial charge in [0, 0.05) is 10.9 Å². The molecule has 3 aromatic carbocycles. The molecule has 31 heavy (non-hydrogen) atoms. The minimum absolute atomic E-state index is 0.0139. The van der Waals surface area contributed by atoms with Crippen LogP contribution in [-0.2, 0) is 14.9 Å². The standard InChI is InChI=1S/C26H28O5/c1-6-30-24(28)21-20(16-12-14-17(15-13-16)26(3,4)5)18-10-8-9-11-19(18)23(27)22(21)25(29)31-7-2/h8-15,27H,6-7H2,1-5H3. The van der Waals surface area contributed by atoms with E-state index in [4.69, 9.17) is 9.47 Å². The highest BCUT2D eigenvalue weighted by Gasteiger charge is 2.30. The van der Waals surface area contributed by atoms with Gasteiger partial charge in [0.15, 0.2) is 0 Å². The lowest BCUT2D eigenvalue weighted by Gasteiger charge is -2.21. The van der Waals surface area contributed by atoms with E-state index in [1.165, 1.54) is 0 Å². The van der Waals surface area contributed by atoms with E-state index >= 15 is 0 Å². The number of phenols is 1. The predicted molar refractivity (Wildman–Crippen MR) is 122 cm³/mol. The summed E-state index contributed by atoms with van der Waals surface area (Å²) in [5.41, 5.74) is 2.24. The van der Waals surface area contributed by atoms with E-state index in [1.54, 1.807) is 26.0 Å². The fourth-order valence-electron chi connectivity index (χ4n) is 3.67. The molecule has 0 saturated heterocycles. The minimum Gasteiger partial charge on any atom is -0.506 e. The van der Waals surface area contributed by atoms with Crippen LogP contribution in [0.15, 0.2) is 48.5 Å². The maximum Gasteiger partial charge on any atom is 0.342 e. The van der Waals surface area contributed by atoms with Gasteiger partial charge in [-0.25, -0.2) is 9.59 Å². The highest BCUT2D eigenvalue weighted by Crippen LogP contribution is 2.42. The van der Waals surface area contributed by atoms with E-state index in [-0.39, 0.29) is 35.5 Å². The predicted octanol–water partition coefficient (Wildman–Crippen LogP) is 5.86. The molecule has 0 bridgehead atoms. The Bertz CT molecular complexity index is 1120. The molecule has 0 heterocycles. The normalized spacial score (nSPS) is 11.4. The number of hydrogen-bond donors (Lipinski definition) is 1. The third-order valence-electron chi connectivity index (χ3n) is 5.19. The van der Waals surface area contributed by atoms with Crippen LogP contribution in [-0.4, -0.2) is 30.3 Å². The van der Waals surface area contributed by atoms with Gasteiger partial charge < -0.3 is 14.6 Å². The number of rotatable bonds is 5. The number of fused-ring (bicyclic) bond motifs is 1. The van der Waals surface area contributed by atoms with Gasteiger partial charge in [-0.15, -0.1) is 0 Å². The summed E-state index contributed by atoms with van der Waals surface area (Å²) < 4.78 is 10.5. The molecule has 162 valence electrons. The van der Waals surface area contributed by atoms with E-state index in [9.17, 15) is 14.7 Å². The van der Waals surface area contributed by atoms with Gasteiger partial charge in [-0.2, -0.15) is 0 Å². The molecule has 0 aliphatic carbocycles. The fourth-order valence-corrected chi connectivity index (χ4v) is 3.67. The van der Waals surface area contributed by atoms with Crippen molar-refractivity contribution in [2.45, 2.75) is 40.0 Å². The van der Waals surface area contributed by atoms with Gasteiger partial charge in [0.25, 0.3) is 0 Å². The van der Waals surface area contributed by atoms with E-state index in [1.807, 2.05) is 36.4 Å². The summed E-state index contributed by atoms with van der Waals surface area (Å²) in [5.74, 6) is -1.73. The van der Waals surface area contributed by atoms with E-state index in [0.717, 1.165) is 11.1 Å². The Morgan fingerprint density at radius 2 is 1.32 bits per heavy atom. The van der Waals surface area contributed by atoms with Crippen molar-refractivity contribution in [3.63, 3.8) is 0 Å². The number of carbonyl (C=O) groups is 2. The molecule has 0 aromatic heterocycles. The molecule has 1 N–H and O–H groups in total. The summed E-state index contributed by atoms with van der Waals surface area (Å²) in [6, 6.07) is 15.0. The minimum atomic E-state index is -0.763. The Morgan fingerprint density at radius 1 is 0.806 bits per heavy atom. The molecule has 0 unspecified atom stereocenters.